The number of nitrogens with one attached hydrogen (secondary N) is 3. The molecule has 0 aliphatic carbocycles. The Labute approximate surface area is 232 Å². The number of aliphatic carboxylic acids is 1. The van der Waals surface area contributed by atoms with Gasteiger partial charge in [-0.1, -0.05) is 26.0 Å². The first-order chi connectivity index (χ1) is 18.7. The van der Waals surface area contributed by atoms with Crippen LogP contribution in [0.4, 0.5) is 0 Å². The fourth-order valence-electron chi connectivity index (χ4n) is 3.62. The number of hydrogen-bond acceptors (Lipinski definition) is 8. The van der Waals surface area contributed by atoms with Crippen molar-refractivity contribution in [3.05, 3.63) is 29.8 Å². The molecule has 1 aromatic carbocycles. The average Bonchev–Trinajstić information content (AvgIpc) is 2.86. The molecule has 0 bridgehead atoms. The molecule has 4 amide bonds. The molecule has 0 aliphatic heterocycles. The van der Waals surface area contributed by atoms with E-state index in [-0.39, 0.29) is 43.9 Å². The fourth-order valence-corrected chi connectivity index (χ4v) is 3.62. The predicted molar refractivity (Wildman–Crippen MR) is 146 cm³/mol. The third-order valence-corrected chi connectivity index (χ3v) is 5.85. The molecule has 4 atom stereocenters. The Balaban J connectivity index is 3.00. The van der Waals surface area contributed by atoms with Crippen molar-refractivity contribution in [3.63, 3.8) is 0 Å². The smallest absolute Gasteiger partial charge is 0.326 e. The van der Waals surface area contributed by atoms with Gasteiger partial charge in [0, 0.05) is 13.0 Å². The van der Waals surface area contributed by atoms with Crippen molar-refractivity contribution in [1.82, 2.24) is 16.0 Å². The molecule has 0 spiro atoms. The maximum Gasteiger partial charge on any atom is 0.326 e. The lowest BCUT2D eigenvalue weighted by molar-refractivity contribution is -0.143. The van der Waals surface area contributed by atoms with Crippen molar-refractivity contribution in [2.75, 3.05) is 6.54 Å². The van der Waals surface area contributed by atoms with Crippen molar-refractivity contribution >= 4 is 35.6 Å². The summed E-state index contributed by atoms with van der Waals surface area (Å²) in [5, 5.41) is 26.3. The Morgan fingerprint density at radius 1 is 0.875 bits per heavy atom. The van der Waals surface area contributed by atoms with E-state index in [1.54, 1.807) is 26.0 Å². The summed E-state index contributed by atoms with van der Waals surface area (Å²) in [5.74, 6) is -4.75. The van der Waals surface area contributed by atoms with Gasteiger partial charge in [0.2, 0.25) is 23.6 Å². The topological polar surface area (TPSA) is 278 Å². The summed E-state index contributed by atoms with van der Waals surface area (Å²) in [5.41, 5.74) is 22.5. The Kier molecular flexibility index (Phi) is 13.9. The number of guanidine groups is 1. The second-order valence-corrected chi connectivity index (χ2v) is 9.62. The van der Waals surface area contributed by atoms with Crippen LogP contribution in [-0.4, -0.2) is 76.5 Å². The van der Waals surface area contributed by atoms with E-state index in [1.807, 2.05) is 0 Å². The standard InChI is InChI=1S/C25H40N8O7/c1-13(2)20(23(38)32-18(24(39)40)9-10-19(27)35)33-22(37)17(4-3-11-30-25(28)29)31-21(36)16(26)12-14-5-7-15(34)8-6-14/h5-8,13,16-18,20,34H,3-4,9-12,26H2,1-2H3,(H2,27,35)(H,31,36)(H,32,38)(H,33,37)(H,39,40)(H4,28,29,30). The molecule has 15 nitrogen and oxygen atoms in total. The molecule has 0 heterocycles. The van der Waals surface area contributed by atoms with Crippen LogP contribution in [-0.2, 0) is 30.4 Å². The number of nitrogens with zero attached hydrogens (tertiary/aromatic N) is 1. The fraction of sp³-hybridized carbons (Fsp3) is 0.520. The SMILES string of the molecule is CC(C)C(NC(=O)C(CCCN=C(N)N)NC(=O)C(N)Cc1ccc(O)cc1)C(=O)NC(CCC(N)=O)C(=O)O. The third-order valence-electron chi connectivity index (χ3n) is 5.85. The first-order valence-electron chi connectivity index (χ1n) is 12.7. The van der Waals surface area contributed by atoms with Gasteiger partial charge in [-0.05, 0) is 49.3 Å². The van der Waals surface area contributed by atoms with Crippen LogP contribution in [0.15, 0.2) is 29.3 Å². The summed E-state index contributed by atoms with van der Waals surface area (Å²) in [6.07, 6.45) is 0.0501. The van der Waals surface area contributed by atoms with Crippen molar-refractivity contribution in [2.45, 2.75) is 70.1 Å². The number of phenolic OH excluding ortho intramolecular Hbond substituents is 1. The number of nitrogens with two attached hydrogens (primary N) is 4. The number of carboxylic acid groups (broad SMARTS) is 1. The zero-order chi connectivity index (χ0) is 30.4. The molecular weight excluding hydrogens is 524 g/mol. The number of amides is 4. The number of aliphatic imine (C=N–C) groups is 1. The first-order valence-corrected chi connectivity index (χ1v) is 12.7. The lowest BCUT2D eigenvalue weighted by Gasteiger charge is -2.27. The number of rotatable bonds is 17. The molecule has 4 unspecified atom stereocenters. The summed E-state index contributed by atoms with van der Waals surface area (Å²) >= 11 is 0. The van der Waals surface area contributed by atoms with E-state index in [4.69, 9.17) is 22.9 Å². The molecule has 0 aromatic heterocycles. The van der Waals surface area contributed by atoms with Crippen molar-refractivity contribution < 1.29 is 34.2 Å². The van der Waals surface area contributed by atoms with Gasteiger partial charge in [-0.3, -0.25) is 24.2 Å². The number of aromatic hydroxyl groups is 1. The molecule has 1 rings (SSSR count). The summed E-state index contributed by atoms with van der Waals surface area (Å²) in [6, 6.07) is 1.44. The Hall–Kier alpha value is -4.40. The second kappa shape index (κ2) is 16.5. The van der Waals surface area contributed by atoms with Gasteiger partial charge >= 0.3 is 5.97 Å². The van der Waals surface area contributed by atoms with Gasteiger partial charge in [-0.2, -0.15) is 0 Å². The molecule has 0 saturated heterocycles. The van der Waals surface area contributed by atoms with Gasteiger partial charge in [0.25, 0.3) is 0 Å². The van der Waals surface area contributed by atoms with E-state index >= 15 is 0 Å². The summed E-state index contributed by atoms with van der Waals surface area (Å²) in [7, 11) is 0. The van der Waals surface area contributed by atoms with Crippen LogP contribution in [0.25, 0.3) is 0 Å². The first kappa shape index (κ1) is 33.6. The van der Waals surface area contributed by atoms with Crippen LogP contribution in [0.1, 0.15) is 45.1 Å². The molecule has 0 saturated carbocycles. The largest absolute Gasteiger partial charge is 0.508 e. The average molecular weight is 565 g/mol. The number of carbonyl (C=O) groups excluding carboxylic acids is 4. The van der Waals surface area contributed by atoms with Crippen LogP contribution in [0, 0.1) is 5.92 Å². The van der Waals surface area contributed by atoms with E-state index in [0.29, 0.717) is 12.0 Å². The highest BCUT2D eigenvalue weighted by Gasteiger charge is 2.32. The molecule has 1 aromatic rings. The van der Waals surface area contributed by atoms with Gasteiger partial charge < -0.3 is 49.1 Å². The Bertz CT molecular complexity index is 1060. The van der Waals surface area contributed by atoms with Crippen LogP contribution >= 0.6 is 0 Å². The molecule has 0 radical (unpaired) electrons. The number of primary amides is 1. The van der Waals surface area contributed by atoms with Gasteiger partial charge in [-0.15, -0.1) is 0 Å². The van der Waals surface area contributed by atoms with Crippen LogP contribution in [0.3, 0.4) is 0 Å². The monoisotopic (exact) mass is 564 g/mol. The molecule has 13 N–H and O–H groups in total. The summed E-state index contributed by atoms with van der Waals surface area (Å²) in [4.78, 5) is 65.5. The molecule has 40 heavy (non-hydrogen) atoms. The van der Waals surface area contributed by atoms with E-state index in [1.165, 1.54) is 12.1 Å². The molecular formula is C25H40N8O7. The van der Waals surface area contributed by atoms with Crippen LogP contribution in [0.5, 0.6) is 5.75 Å². The number of phenols is 1. The molecule has 222 valence electrons. The van der Waals surface area contributed by atoms with Gasteiger partial charge in [0.15, 0.2) is 5.96 Å². The minimum Gasteiger partial charge on any atom is -0.508 e. The van der Waals surface area contributed by atoms with Crippen molar-refractivity contribution in [3.8, 4) is 5.75 Å². The maximum absolute atomic E-state index is 13.2. The van der Waals surface area contributed by atoms with E-state index in [2.05, 4.69) is 20.9 Å². The summed E-state index contributed by atoms with van der Waals surface area (Å²) < 4.78 is 0. The van der Waals surface area contributed by atoms with E-state index < -0.39 is 59.7 Å². The van der Waals surface area contributed by atoms with E-state index in [9.17, 15) is 34.2 Å². The van der Waals surface area contributed by atoms with Gasteiger partial charge in [-0.25, -0.2) is 4.79 Å². The molecule has 15 heteroatoms. The maximum atomic E-state index is 13.2. The number of hydrogen-bond donors (Lipinski definition) is 9. The third kappa shape index (κ3) is 12.4. The van der Waals surface area contributed by atoms with Crippen molar-refractivity contribution in [2.24, 2.45) is 33.8 Å². The number of benzene rings is 1. The normalized spacial score (nSPS) is 13.8. The Morgan fingerprint density at radius 2 is 1.48 bits per heavy atom. The summed E-state index contributed by atoms with van der Waals surface area (Å²) in [6.45, 7) is 3.46. The van der Waals surface area contributed by atoms with Gasteiger partial charge in [0.1, 0.15) is 23.9 Å². The zero-order valence-electron chi connectivity index (χ0n) is 22.6. The second-order valence-electron chi connectivity index (χ2n) is 9.62. The molecule has 0 aliphatic rings. The Morgan fingerprint density at radius 3 is 2.00 bits per heavy atom. The van der Waals surface area contributed by atoms with Crippen molar-refractivity contribution in [1.29, 1.82) is 0 Å². The van der Waals surface area contributed by atoms with Gasteiger partial charge in [0.05, 0.1) is 6.04 Å². The highest BCUT2D eigenvalue weighted by Crippen LogP contribution is 2.12. The van der Waals surface area contributed by atoms with E-state index in [0.717, 1.165) is 0 Å². The predicted octanol–water partition coefficient (Wildman–Crippen LogP) is -2.22. The quantitative estimate of drug-likeness (QED) is 0.0558. The molecule has 0 fully saturated rings. The van der Waals surface area contributed by atoms with Crippen LogP contribution < -0.4 is 38.9 Å². The highest BCUT2D eigenvalue weighted by molar-refractivity contribution is 5.94. The zero-order valence-corrected chi connectivity index (χ0v) is 22.6. The lowest BCUT2D eigenvalue weighted by Crippen LogP contribution is -2.58. The van der Waals surface area contributed by atoms with Crippen LogP contribution in [0.2, 0.25) is 0 Å². The number of carboxylic acids is 1. The minimum absolute atomic E-state index is 0.0607. The minimum atomic E-state index is -1.40. The lowest BCUT2D eigenvalue weighted by atomic mass is 10.0. The highest BCUT2D eigenvalue weighted by atomic mass is 16.4. The number of carbonyl (C=O) groups is 5.